The Bertz CT molecular complexity index is 400. The molecule has 1 heterocycles. The predicted molar refractivity (Wildman–Crippen MR) is 42.6 cm³/mol. The first-order valence-electron chi connectivity index (χ1n) is 3.19. The summed E-state index contributed by atoms with van der Waals surface area (Å²) >= 11 is 0. The molecule has 2 N–H and O–H groups in total. The summed E-state index contributed by atoms with van der Waals surface area (Å²) in [6.45, 7) is 0. The number of aromatic nitrogens is 1. The molecule has 0 spiro atoms. The number of hydrogen-bond acceptors (Lipinski definition) is 4. The topological polar surface area (TPSA) is 96.4 Å². The maximum Gasteiger partial charge on any atom is 0.418 e. The highest BCUT2D eigenvalue weighted by Gasteiger charge is 2.17. The minimum absolute atomic E-state index is 0.322. The van der Waals surface area contributed by atoms with E-state index in [4.69, 9.17) is 5.11 Å². The van der Waals surface area contributed by atoms with Crippen molar-refractivity contribution in [3.05, 3.63) is 24.4 Å². The first-order chi connectivity index (χ1) is 6.02. The van der Waals surface area contributed by atoms with Gasteiger partial charge in [0, 0.05) is 6.20 Å². The van der Waals surface area contributed by atoms with Gasteiger partial charge in [0.1, 0.15) is 0 Å². The van der Waals surface area contributed by atoms with Gasteiger partial charge in [0.05, 0.1) is 0 Å². The number of hydrogen-bond donors (Lipinski definition) is 2. The van der Waals surface area contributed by atoms with Gasteiger partial charge in [-0.05, 0) is 12.1 Å². The average molecular weight is 202 g/mol. The van der Waals surface area contributed by atoms with Crippen LogP contribution in [0.1, 0.15) is 0 Å². The predicted octanol–water partition coefficient (Wildman–Crippen LogP) is 0.0379. The lowest BCUT2D eigenvalue weighted by molar-refractivity contribution is 0.201. The van der Waals surface area contributed by atoms with Crippen LogP contribution >= 0.6 is 0 Å². The normalized spacial score (nSPS) is 10.8. The Balaban J connectivity index is 3.02. The van der Waals surface area contributed by atoms with Crippen LogP contribution in [0.5, 0.6) is 0 Å². The fraction of sp³-hybridized carbons (Fsp3) is 0. The zero-order valence-corrected chi connectivity index (χ0v) is 7.15. The first-order valence-corrected chi connectivity index (χ1v) is 4.67. The lowest BCUT2D eigenvalue weighted by atomic mass is 10.5. The Morgan fingerprint density at radius 1 is 1.46 bits per heavy atom. The van der Waals surface area contributed by atoms with Crippen molar-refractivity contribution in [1.82, 2.24) is 9.71 Å². The van der Waals surface area contributed by atoms with Gasteiger partial charge >= 0.3 is 6.09 Å². The second-order valence-electron chi connectivity index (χ2n) is 2.08. The molecule has 0 aliphatic rings. The van der Waals surface area contributed by atoms with E-state index in [0.717, 1.165) is 0 Å². The molecule has 1 aromatic heterocycles. The molecule has 0 fully saturated rings. The molecule has 7 heteroatoms. The van der Waals surface area contributed by atoms with Gasteiger partial charge in [-0.2, -0.15) is 8.42 Å². The molecule has 1 aromatic rings. The van der Waals surface area contributed by atoms with Crippen molar-refractivity contribution in [3.63, 3.8) is 0 Å². The van der Waals surface area contributed by atoms with E-state index in [9.17, 15) is 13.2 Å². The maximum atomic E-state index is 11.1. The highest BCUT2D eigenvalue weighted by atomic mass is 32.2. The standard InChI is InChI=1S/C6H6N2O4S/c9-6(10)8-13(11,12)5-3-1-2-4-7-5/h1-4,8H,(H,9,10). The molecular weight excluding hydrogens is 196 g/mol. The summed E-state index contributed by atoms with van der Waals surface area (Å²) in [6.07, 6.45) is -0.373. The van der Waals surface area contributed by atoms with Crippen LogP contribution < -0.4 is 4.72 Å². The van der Waals surface area contributed by atoms with E-state index in [-0.39, 0.29) is 5.03 Å². The molecule has 6 nitrogen and oxygen atoms in total. The number of sulfonamides is 1. The van der Waals surface area contributed by atoms with Crippen molar-refractivity contribution in [2.45, 2.75) is 5.03 Å². The highest BCUT2D eigenvalue weighted by molar-refractivity contribution is 7.90. The number of nitrogens with zero attached hydrogens (tertiary/aromatic N) is 1. The largest absolute Gasteiger partial charge is 0.464 e. The van der Waals surface area contributed by atoms with Crippen LogP contribution in [0.4, 0.5) is 4.79 Å². The maximum absolute atomic E-state index is 11.1. The van der Waals surface area contributed by atoms with Crippen LogP contribution in [0.3, 0.4) is 0 Å². The molecular formula is C6H6N2O4S. The summed E-state index contributed by atoms with van der Waals surface area (Å²) in [4.78, 5) is 13.6. The third kappa shape index (κ3) is 2.41. The number of rotatable bonds is 2. The average Bonchev–Trinajstić information content (AvgIpc) is 2.04. The summed E-state index contributed by atoms with van der Waals surface area (Å²) in [5.41, 5.74) is 0. The quantitative estimate of drug-likeness (QED) is 0.705. The van der Waals surface area contributed by atoms with Crippen molar-refractivity contribution in [3.8, 4) is 0 Å². The Kier molecular flexibility index (Phi) is 2.47. The molecule has 1 rings (SSSR count). The third-order valence-corrected chi connectivity index (χ3v) is 2.37. The Labute approximate surface area is 74.3 Å². The van der Waals surface area contributed by atoms with Gasteiger partial charge in [-0.25, -0.2) is 14.5 Å². The fourth-order valence-electron chi connectivity index (χ4n) is 0.673. The Morgan fingerprint density at radius 2 is 2.15 bits per heavy atom. The van der Waals surface area contributed by atoms with Gasteiger partial charge < -0.3 is 5.11 Å². The second kappa shape index (κ2) is 3.40. The number of amides is 1. The van der Waals surface area contributed by atoms with Crippen LogP contribution in [0.25, 0.3) is 0 Å². The first kappa shape index (κ1) is 9.46. The summed E-state index contributed by atoms with van der Waals surface area (Å²) in [5.74, 6) is 0. The van der Waals surface area contributed by atoms with E-state index < -0.39 is 16.1 Å². The Hall–Kier alpha value is -1.63. The smallest absolute Gasteiger partial charge is 0.418 e. The molecule has 0 bridgehead atoms. The van der Waals surface area contributed by atoms with Gasteiger partial charge in [-0.3, -0.25) is 0 Å². The summed E-state index contributed by atoms with van der Waals surface area (Å²) in [7, 11) is -4.02. The zero-order valence-electron chi connectivity index (χ0n) is 6.34. The summed E-state index contributed by atoms with van der Waals surface area (Å²) in [5, 5.41) is 7.87. The van der Waals surface area contributed by atoms with Crippen LogP contribution in [0.2, 0.25) is 0 Å². The number of pyridine rings is 1. The highest BCUT2D eigenvalue weighted by Crippen LogP contribution is 2.01. The lowest BCUT2D eigenvalue weighted by Gasteiger charge is -2.00. The molecule has 0 aliphatic carbocycles. The SMILES string of the molecule is O=C(O)NS(=O)(=O)c1ccccn1. The number of nitrogens with one attached hydrogen (secondary N) is 1. The van der Waals surface area contributed by atoms with Crippen LogP contribution in [-0.4, -0.2) is 24.6 Å². The monoisotopic (exact) mass is 202 g/mol. The fourth-order valence-corrected chi connectivity index (χ4v) is 1.47. The lowest BCUT2D eigenvalue weighted by Crippen LogP contribution is -2.29. The van der Waals surface area contributed by atoms with Crippen LogP contribution in [0, 0.1) is 0 Å². The Morgan fingerprint density at radius 3 is 2.62 bits per heavy atom. The van der Waals surface area contributed by atoms with E-state index in [0.29, 0.717) is 0 Å². The second-order valence-corrected chi connectivity index (χ2v) is 3.71. The van der Waals surface area contributed by atoms with Crippen molar-refractivity contribution in [2.75, 3.05) is 0 Å². The summed E-state index contributed by atoms with van der Waals surface area (Å²) in [6, 6.07) is 4.18. The van der Waals surface area contributed by atoms with Gasteiger partial charge in [0.2, 0.25) is 0 Å². The molecule has 1 amide bonds. The van der Waals surface area contributed by atoms with Gasteiger partial charge in [-0.1, -0.05) is 6.07 Å². The van der Waals surface area contributed by atoms with Gasteiger partial charge in [0.15, 0.2) is 5.03 Å². The molecule has 0 saturated carbocycles. The molecule has 0 atom stereocenters. The van der Waals surface area contributed by atoms with Crippen molar-refractivity contribution >= 4 is 16.1 Å². The minimum Gasteiger partial charge on any atom is -0.464 e. The van der Waals surface area contributed by atoms with E-state index >= 15 is 0 Å². The molecule has 70 valence electrons. The third-order valence-electron chi connectivity index (χ3n) is 1.13. The van der Waals surface area contributed by atoms with E-state index in [1.54, 1.807) is 0 Å². The van der Waals surface area contributed by atoms with Crippen LogP contribution in [-0.2, 0) is 10.0 Å². The molecule has 0 radical (unpaired) electrons. The molecule has 0 unspecified atom stereocenters. The molecule has 0 aliphatic heterocycles. The van der Waals surface area contributed by atoms with Crippen molar-refractivity contribution in [2.24, 2.45) is 0 Å². The minimum atomic E-state index is -4.02. The van der Waals surface area contributed by atoms with Crippen molar-refractivity contribution < 1.29 is 18.3 Å². The van der Waals surface area contributed by atoms with Gasteiger partial charge in [0.25, 0.3) is 10.0 Å². The van der Waals surface area contributed by atoms with Crippen molar-refractivity contribution in [1.29, 1.82) is 0 Å². The van der Waals surface area contributed by atoms with E-state index in [1.165, 1.54) is 29.1 Å². The number of carboxylic acid groups (broad SMARTS) is 1. The molecule has 0 aromatic carbocycles. The zero-order chi connectivity index (χ0) is 9.90. The van der Waals surface area contributed by atoms with E-state index in [2.05, 4.69) is 4.98 Å². The summed E-state index contributed by atoms with van der Waals surface area (Å²) < 4.78 is 23.5. The van der Waals surface area contributed by atoms with Gasteiger partial charge in [-0.15, -0.1) is 0 Å². The van der Waals surface area contributed by atoms with E-state index in [1.807, 2.05) is 0 Å². The molecule has 0 saturated heterocycles. The van der Waals surface area contributed by atoms with Crippen LogP contribution in [0.15, 0.2) is 29.4 Å². The molecule has 13 heavy (non-hydrogen) atoms. The number of carbonyl (C=O) groups is 1.